The average molecular weight is 396 g/mol. The maximum absolute atomic E-state index is 12.7. The van der Waals surface area contributed by atoms with Crippen molar-refractivity contribution < 1.29 is 13.5 Å². The Balaban J connectivity index is 1.79. The Bertz CT molecular complexity index is 784. The van der Waals surface area contributed by atoms with Gasteiger partial charge >= 0.3 is 0 Å². The number of benzene rings is 2. The van der Waals surface area contributed by atoms with Crippen molar-refractivity contribution in [2.45, 2.75) is 23.3 Å². The van der Waals surface area contributed by atoms with Gasteiger partial charge in [0.25, 0.3) is 0 Å². The van der Waals surface area contributed by atoms with Gasteiger partial charge in [-0.15, -0.1) is 0 Å². The van der Waals surface area contributed by atoms with E-state index in [1.807, 2.05) is 30.3 Å². The molecule has 3 rings (SSSR count). The van der Waals surface area contributed by atoms with Gasteiger partial charge in [0.15, 0.2) is 0 Å². The van der Waals surface area contributed by atoms with Gasteiger partial charge in [0.05, 0.1) is 10.5 Å². The van der Waals surface area contributed by atoms with Crippen molar-refractivity contribution in [1.82, 2.24) is 4.31 Å². The van der Waals surface area contributed by atoms with E-state index in [0.717, 1.165) is 10.0 Å². The van der Waals surface area contributed by atoms with Crippen LogP contribution in [0.4, 0.5) is 0 Å². The maximum atomic E-state index is 12.7. The van der Waals surface area contributed by atoms with Crippen molar-refractivity contribution >= 4 is 26.0 Å². The van der Waals surface area contributed by atoms with E-state index in [1.165, 1.54) is 4.31 Å². The highest BCUT2D eigenvalue weighted by Gasteiger charge is 2.38. The summed E-state index contributed by atoms with van der Waals surface area (Å²) in [5, 5.41) is 10.8. The first-order valence-corrected chi connectivity index (χ1v) is 9.69. The molecule has 122 valence electrons. The van der Waals surface area contributed by atoms with E-state index in [9.17, 15) is 13.5 Å². The molecular weight excluding hydrogens is 378 g/mol. The molecule has 2 aromatic carbocycles. The molecule has 1 heterocycles. The van der Waals surface area contributed by atoms with Crippen molar-refractivity contribution in [1.29, 1.82) is 0 Å². The summed E-state index contributed by atoms with van der Waals surface area (Å²) in [4.78, 5) is 0.275. The maximum Gasteiger partial charge on any atom is 0.243 e. The molecule has 23 heavy (non-hydrogen) atoms. The van der Waals surface area contributed by atoms with E-state index in [1.54, 1.807) is 24.3 Å². The summed E-state index contributed by atoms with van der Waals surface area (Å²) in [5.41, 5.74) is -0.107. The lowest BCUT2D eigenvalue weighted by Crippen LogP contribution is -2.45. The van der Waals surface area contributed by atoms with Gasteiger partial charge in [-0.2, -0.15) is 4.31 Å². The second kappa shape index (κ2) is 6.36. The standard InChI is InChI=1S/C17H18BrNO3S/c18-15-7-4-8-16(13-15)23(21,22)19-11-9-17(20,10-12-19)14-5-2-1-3-6-14/h1-8,13,20H,9-12H2. The fourth-order valence-electron chi connectivity index (χ4n) is 2.91. The van der Waals surface area contributed by atoms with Crippen LogP contribution in [0, 0.1) is 0 Å². The fourth-order valence-corrected chi connectivity index (χ4v) is 4.95. The van der Waals surface area contributed by atoms with Crippen LogP contribution in [0.2, 0.25) is 0 Å². The van der Waals surface area contributed by atoms with Gasteiger partial charge in [-0.1, -0.05) is 52.3 Å². The van der Waals surface area contributed by atoms with Crippen LogP contribution >= 0.6 is 15.9 Å². The first-order chi connectivity index (χ1) is 10.9. The number of hydrogen-bond donors (Lipinski definition) is 1. The molecule has 1 fully saturated rings. The lowest BCUT2D eigenvalue weighted by Gasteiger charge is -2.37. The third kappa shape index (κ3) is 3.35. The van der Waals surface area contributed by atoms with Crippen LogP contribution in [0.3, 0.4) is 0 Å². The van der Waals surface area contributed by atoms with Crippen molar-refractivity contribution in [3.63, 3.8) is 0 Å². The van der Waals surface area contributed by atoms with E-state index < -0.39 is 15.6 Å². The van der Waals surface area contributed by atoms with Crippen LogP contribution in [-0.2, 0) is 15.6 Å². The fraction of sp³-hybridized carbons (Fsp3) is 0.294. The summed E-state index contributed by atoms with van der Waals surface area (Å²) in [6.45, 7) is 0.612. The predicted molar refractivity (Wildman–Crippen MR) is 92.5 cm³/mol. The lowest BCUT2D eigenvalue weighted by molar-refractivity contribution is -0.00961. The zero-order valence-corrected chi connectivity index (χ0v) is 14.9. The Morgan fingerprint density at radius 1 is 1.00 bits per heavy atom. The molecule has 2 aromatic rings. The van der Waals surface area contributed by atoms with Crippen molar-refractivity contribution in [3.05, 3.63) is 64.6 Å². The van der Waals surface area contributed by atoms with E-state index in [-0.39, 0.29) is 4.90 Å². The highest BCUT2D eigenvalue weighted by atomic mass is 79.9. The Kier molecular flexibility index (Phi) is 4.60. The molecule has 6 heteroatoms. The minimum absolute atomic E-state index is 0.275. The van der Waals surface area contributed by atoms with Crippen molar-refractivity contribution in [2.75, 3.05) is 13.1 Å². The van der Waals surface area contributed by atoms with Crippen LogP contribution in [-0.4, -0.2) is 30.9 Å². The Labute approximate surface area is 144 Å². The molecule has 4 nitrogen and oxygen atoms in total. The van der Waals surface area contributed by atoms with Crippen LogP contribution in [0.1, 0.15) is 18.4 Å². The van der Waals surface area contributed by atoms with Gasteiger partial charge in [0, 0.05) is 17.6 Å². The predicted octanol–water partition coefficient (Wildman–Crippen LogP) is 3.12. The van der Waals surface area contributed by atoms with Gasteiger partial charge in [-0.25, -0.2) is 8.42 Å². The molecular formula is C17H18BrNO3S. The third-order valence-corrected chi connectivity index (χ3v) is 6.68. The normalized spacial score (nSPS) is 18.7. The summed E-state index contributed by atoms with van der Waals surface area (Å²) in [6, 6.07) is 16.2. The molecule has 1 saturated heterocycles. The van der Waals surface area contributed by atoms with Gasteiger partial charge < -0.3 is 5.11 Å². The molecule has 0 spiro atoms. The number of hydrogen-bond acceptors (Lipinski definition) is 3. The molecule has 1 aliphatic rings. The van der Waals surface area contributed by atoms with Crippen LogP contribution < -0.4 is 0 Å². The van der Waals surface area contributed by atoms with Gasteiger partial charge in [-0.05, 0) is 36.6 Å². The second-order valence-electron chi connectivity index (χ2n) is 5.76. The Morgan fingerprint density at radius 2 is 1.65 bits per heavy atom. The number of rotatable bonds is 3. The lowest BCUT2D eigenvalue weighted by atomic mass is 9.85. The Hall–Kier alpha value is -1.21. The van der Waals surface area contributed by atoms with E-state index in [0.29, 0.717) is 25.9 Å². The largest absolute Gasteiger partial charge is 0.385 e. The topological polar surface area (TPSA) is 57.6 Å². The summed E-state index contributed by atoms with van der Waals surface area (Å²) >= 11 is 3.30. The van der Waals surface area contributed by atoms with E-state index in [2.05, 4.69) is 15.9 Å². The summed E-state index contributed by atoms with van der Waals surface area (Å²) in [5.74, 6) is 0. The third-order valence-electron chi connectivity index (χ3n) is 4.29. The number of aliphatic hydroxyl groups is 1. The molecule has 0 bridgehead atoms. The molecule has 0 unspecified atom stereocenters. The summed E-state index contributed by atoms with van der Waals surface area (Å²) < 4.78 is 27.6. The number of halogens is 1. The zero-order valence-electron chi connectivity index (χ0n) is 12.5. The second-order valence-corrected chi connectivity index (χ2v) is 8.61. The van der Waals surface area contributed by atoms with Crippen molar-refractivity contribution in [2.24, 2.45) is 0 Å². The SMILES string of the molecule is O=S(=O)(c1cccc(Br)c1)N1CCC(O)(c2ccccc2)CC1. The first kappa shape index (κ1) is 16.6. The number of sulfonamides is 1. The number of piperidine rings is 1. The minimum atomic E-state index is -3.52. The van der Waals surface area contributed by atoms with E-state index >= 15 is 0 Å². The van der Waals surface area contributed by atoms with E-state index in [4.69, 9.17) is 0 Å². The summed E-state index contributed by atoms with van der Waals surface area (Å²) in [7, 11) is -3.52. The molecule has 0 aromatic heterocycles. The minimum Gasteiger partial charge on any atom is -0.385 e. The van der Waals surface area contributed by atoms with Gasteiger partial charge in [0.2, 0.25) is 10.0 Å². The van der Waals surface area contributed by atoms with Crippen LogP contribution in [0.15, 0.2) is 64.0 Å². The van der Waals surface area contributed by atoms with Crippen LogP contribution in [0.25, 0.3) is 0 Å². The Morgan fingerprint density at radius 3 is 2.26 bits per heavy atom. The highest BCUT2D eigenvalue weighted by Crippen LogP contribution is 2.34. The first-order valence-electron chi connectivity index (χ1n) is 7.45. The zero-order chi connectivity index (χ0) is 16.5. The molecule has 0 aliphatic carbocycles. The molecule has 0 atom stereocenters. The molecule has 0 saturated carbocycles. The molecule has 0 amide bonds. The van der Waals surface area contributed by atoms with Gasteiger partial charge in [0.1, 0.15) is 0 Å². The molecule has 0 radical (unpaired) electrons. The molecule has 1 aliphatic heterocycles. The highest BCUT2D eigenvalue weighted by molar-refractivity contribution is 9.10. The average Bonchev–Trinajstić information content (AvgIpc) is 2.56. The summed E-state index contributed by atoms with van der Waals surface area (Å²) in [6.07, 6.45) is 0.786. The van der Waals surface area contributed by atoms with Crippen LogP contribution in [0.5, 0.6) is 0 Å². The van der Waals surface area contributed by atoms with Crippen molar-refractivity contribution in [3.8, 4) is 0 Å². The number of nitrogens with zero attached hydrogens (tertiary/aromatic N) is 1. The van der Waals surface area contributed by atoms with Gasteiger partial charge in [-0.3, -0.25) is 0 Å². The quantitative estimate of drug-likeness (QED) is 0.868. The monoisotopic (exact) mass is 395 g/mol. The smallest absolute Gasteiger partial charge is 0.243 e. The molecule has 1 N–H and O–H groups in total.